The van der Waals surface area contributed by atoms with E-state index in [1.807, 2.05) is 0 Å². The van der Waals surface area contributed by atoms with Crippen LogP contribution in [0.2, 0.25) is 0 Å². The zero-order valence-corrected chi connectivity index (χ0v) is 10.9. The summed E-state index contributed by atoms with van der Waals surface area (Å²) in [5.41, 5.74) is -0.758. The van der Waals surface area contributed by atoms with Crippen LogP contribution in [-0.4, -0.2) is 41.7 Å². The molecular formula is C12H16FN3O4. The molecule has 0 radical (unpaired) electrons. The molecule has 0 bridgehead atoms. The summed E-state index contributed by atoms with van der Waals surface area (Å²) in [6.07, 6.45) is -0.505. The summed E-state index contributed by atoms with van der Waals surface area (Å²) in [5.74, 6) is -1.43. The standard InChI is InChI=1S/C12H16FN3O4/c1-8(17)7-14-4-5-15-12(18)10-6-9(13)2-3-11(10)16(19)20/h2-3,6,8,14,17H,4-5,7H2,1H3,(H,15,18). The monoisotopic (exact) mass is 285 g/mol. The van der Waals surface area contributed by atoms with Crippen LogP contribution in [0.3, 0.4) is 0 Å². The fourth-order valence-electron chi connectivity index (χ4n) is 1.52. The van der Waals surface area contributed by atoms with E-state index in [-0.39, 0.29) is 12.1 Å². The van der Waals surface area contributed by atoms with Crippen LogP contribution in [0.25, 0.3) is 0 Å². The first-order chi connectivity index (χ1) is 9.41. The number of aliphatic hydroxyl groups excluding tert-OH is 1. The second-order valence-electron chi connectivity index (χ2n) is 4.23. The summed E-state index contributed by atoms with van der Waals surface area (Å²) in [6, 6.07) is 2.71. The Hall–Kier alpha value is -2.06. The van der Waals surface area contributed by atoms with Gasteiger partial charge in [-0.05, 0) is 19.1 Å². The molecule has 0 aromatic heterocycles. The largest absolute Gasteiger partial charge is 0.392 e. The lowest BCUT2D eigenvalue weighted by Gasteiger charge is -2.08. The average molecular weight is 285 g/mol. The smallest absolute Gasteiger partial charge is 0.282 e. The molecule has 8 heteroatoms. The molecule has 3 N–H and O–H groups in total. The molecule has 1 aromatic carbocycles. The van der Waals surface area contributed by atoms with Gasteiger partial charge in [-0.1, -0.05) is 0 Å². The summed E-state index contributed by atoms with van der Waals surface area (Å²) < 4.78 is 13.1. The summed E-state index contributed by atoms with van der Waals surface area (Å²) in [7, 11) is 0. The second-order valence-corrected chi connectivity index (χ2v) is 4.23. The van der Waals surface area contributed by atoms with Crippen molar-refractivity contribution in [1.82, 2.24) is 10.6 Å². The van der Waals surface area contributed by atoms with Gasteiger partial charge in [0, 0.05) is 25.7 Å². The van der Waals surface area contributed by atoms with E-state index in [9.17, 15) is 19.3 Å². The molecule has 0 saturated carbocycles. The number of hydrogen-bond donors (Lipinski definition) is 3. The number of hydrogen-bond acceptors (Lipinski definition) is 5. The number of halogens is 1. The van der Waals surface area contributed by atoms with Gasteiger partial charge in [0.15, 0.2) is 0 Å². The number of nitro benzene ring substituents is 1. The van der Waals surface area contributed by atoms with Gasteiger partial charge in [-0.15, -0.1) is 0 Å². The van der Waals surface area contributed by atoms with Gasteiger partial charge in [0.25, 0.3) is 11.6 Å². The molecule has 0 aliphatic rings. The molecule has 20 heavy (non-hydrogen) atoms. The van der Waals surface area contributed by atoms with E-state index in [4.69, 9.17) is 5.11 Å². The fraction of sp³-hybridized carbons (Fsp3) is 0.417. The van der Waals surface area contributed by atoms with Crippen molar-refractivity contribution in [1.29, 1.82) is 0 Å². The third-order valence-corrected chi connectivity index (χ3v) is 2.43. The minimum atomic E-state index is -0.736. The van der Waals surface area contributed by atoms with Crippen LogP contribution in [0.15, 0.2) is 18.2 Å². The highest BCUT2D eigenvalue weighted by molar-refractivity contribution is 5.98. The van der Waals surface area contributed by atoms with E-state index >= 15 is 0 Å². The fourth-order valence-corrected chi connectivity index (χ4v) is 1.52. The van der Waals surface area contributed by atoms with E-state index in [2.05, 4.69) is 10.6 Å². The van der Waals surface area contributed by atoms with E-state index in [0.717, 1.165) is 18.2 Å². The van der Waals surface area contributed by atoms with Crippen molar-refractivity contribution in [3.63, 3.8) is 0 Å². The first-order valence-electron chi connectivity index (χ1n) is 6.02. The lowest BCUT2D eigenvalue weighted by molar-refractivity contribution is -0.385. The second kappa shape index (κ2) is 7.51. The molecule has 0 heterocycles. The number of benzene rings is 1. The molecule has 0 fully saturated rings. The predicted octanol–water partition coefficient (Wildman–Crippen LogP) is 0.434. The van der Waals surface area contributed by atoms with E-state index in [1.165, 1.54) is 0 Å². The minimum Gasteiger partial charge on any atom is -0.392 e. The number of aliphatic hydroxyl groups is 1. The number of carbonyl (C=O) groups excluding carboxylic acids is 1. The predicted molar refractivity (Wildman–Crippen MR) is 69.9 cm³/mol. The maximum atomic E-state index is 13.1. The lowest BCUT2D eigenvalue weighted by Crippen LogP contribution is -2.34. The SMILES string of the molecule is CC(O)CNCCNC(=O)c1cc(F)ccc1[N+](=O)[O-]. The van der Waals surface area contributed by atoms with Crippen molar-refractivity contribution in [2.24, 2.45) is 0 Å². The van der Waals surface area contributed by atoms with Crippen molar-refractivity contribution in [3.8, 4) is 0 Å². The summed E-state index contributed by atoms with van der Waals surface area (Å²) in [5, 5.41) is 25.1. The molecule has 1 rings (SSSR count). The Morgan fingerprint density at radius 2 is 2.20 bits per heavy atom. The van der Waals surface area contributed by atoms with Crippen LogP contribution in [0, 0.1) is 15.9 Å². The Morgan fingerprint density at radius 3 is 2.80 bits per heavy atom. The van der Waals surface area contributed by atoms with E-state index in [0.29, 0.717) is 13.1 Å². The number of nitro groups is 1. The quantitative estimate of drug-likeness (QED) is 0.383. The third kappa shape index (κ3) is 4.90. The van der Waals surface area contributed by atoms with Crippen LogP contribution in [0.5, 0.6) is 0 Å². The normalized spacial score (nSPS) is 11.9. The minimum absolute atomic E-state index is 0.208. The van der Waals surface area contributed by atoms with Crippen molar-refractivity contribution >= 4 is 11.6 Å². The Morgan fingerprint density at radius 1 is 1.50 bits per heavy atom. The Labute approximate surface area is 114 Å². The molecule has 0 spiro atoms. The van der Waals surface area contributed by atoms with Crippen molar-refractivity contribution in [2.45, 2.75) is 13.0 Å². The van der Waals surface area contributed by atoms with Crippen LogP contribution >= 0.6 is 0 Å². The zero-order valence-electron chi connectivity index (χ0n) is 10.9. The number of amides is 1. The molecule has 1 amide bonds. The van der Waals surface area contributed by atoms with Crippen LogP contribution in [-0.2, 0) is 0 Å². The molecule has 7 nitrogen and oxygen atoms in total. The van der Waals surface area contributed by atoms with Crippen LogP contribution < -0.4 is 10.6 Å². The maximum Gasteiger partial charge on any atom is 0.282 e. The maximum absolute atomic E-state index is 13.1. The van der Waals surface area contributed by atoms with Gasteiger partial charge in [0.2, 0.25) is 0 Å². The first kappa shape index (κ1) is 16.0. The Kier molecular flexibility index (Phi) is 6.01. The summed E-state index contributed by atoms with van der Waals surface area (Å²) in [4.78, 5) is 21.8. The van der Waals surface area contributed by atoms with Crippen molar-refractivity contribution < 1.29 is 19.2 Å². The molecular weight excluding hydrogens is 269 g/mol. The Bertz CT molecular complexity index is 494. The number of nitrogens with one attached hydrogen (secondary N) is 2. The molecule has 0 aliphatic carbocycles. The Balaban J connectivity index is 2.59. The highest BCUT2D eigenvalue weighted by atomic mass is 19.1. The zero-order chi connectivity index (χ0) is 15.1. The summed E-state index contributed by atoms with van der Waals surface area (Å²) >= 11 is 0. The first-order valence-corrected chi connectivity index (χ1v) is 6.02. The van der Waals surface area contributed by atoms with Gasteiger partial charge >= 0.3 is 0 Å². The van der Waals surface area contributed by atoms with Crippen molar-refractivity contribution in [3.05, 3.63) is 39.7 Å². The molecule has 1 aromatic rings. The molecule has 1 unspecified atom stereocenters. The lowest BCUT2D eigenvalue weighted by atomic mass is 10.1. The number of carbonyl (C=O) groups is 1. The van der Waals surface area contributed by atoms with E-state index in [1.54, 1.807) is 6.92 Å². The summed E-state index contributed by atoms with van der Waals surface area (Å²) in [6.45, 7) is 2.58. The third-order valence-electron chi connectivity index (χ3n) is 2.43. The molecule has 110 valence electrons. The van der Waals surface area contributed by atoms with Gasteiger partial charge in [0.05, 0.1) is 11.0 Å². The van der Waals surface area contributed by atoms with Gasteiger partial charge in [-0.3, -0.25) is 14.9 Å². The number of rotatable bonds is 7. The highest BCUT2D eigenvalue weighted by Crippen LogP contribution is 2.19. The average Bonchev–Trinajstić information content (AvgIpc) is 2.37. The topological polar surface area (TPSA) is 104 Å². The van der Waals surface area contributed by atoms with Gasteiger partial charge in [0.1, 0.15) is 11.4 Å². The van der Waals surface area contributed by atoms with E-state index < -0.39 is 28.4 Å². The van der Waals surface area contributed by atoms with Gasteiger partial charge < -0.3 is 15.7 Å². The van der Waals surface area contributed by atoms with Gasteiger partial charge in [-0.25, -0.2) is 4.39 Å². The van der Waals surface area contributed by atoms with Crippen LogP contribution in [0.1, 0.15) is 17.3 Å². The molecule has 1 atom stereocenters. The number of nitrogens with zero attached hydrogens (tertiary/aromatic N) is 1. The van der Waals surface area contributed by atoms with Gasteiger partial charge in [-0.2, -0.15) is 0 Å². The van der Waals surface area contributed by atoms with Crippen molar-refractivity contribution in [2.75, 3.05) is 19.6 Å². The highest BCUT2D eigenvalue weighted by Gasteiger charge is 2.20. The molecule has 0 saturated heterocycles. The van der Waals surface area contributed by atoms with Crippen LogP contribution in [0.4, 0.5) is 10.1 Å². The molecule has 0 aliphatic heterocycles.